The number of ketones is 1. The first-order valence-corrected chi connectivity index (χ1v) is 8.03. The Balaban J connectivity index is 2.02. The third-order valence-corrected chi connectivity index (χ3v) is 4.29. The van der Waals surface area contributed by atoms with Crippen LogP contribution in [0.2, 0.25) is 0 Å². The lowest BCUT2D eigenvalue weighted by Gasteiger charge is -2.29. The van der Waals surface area contributed by atoms with Crippen LogP contribution in [0.5, 0.6) is 0 Å². The van der Waals surface area contributed by atoms with Crippen molar-refractivity contribution < 1.29 is 9.90 Å². The average molecular weight is 316 g/mol. The molecule has 0 fully saturated rings. The first kappa shape index (κ1) is 16.2. The topological polar surface area (TPSA) is 37.3 Å². The highest BCUT2D eigenvalue weighted by atomic mass is 16.3. The fraction of sp³-hybridized carbons (Fsp3) is 0.136. The van der Waals surface area contributed by atoms with Gasteiger partial charge in [-0.15, -0.1) is 0 Å². The van der Waals surface area contributed by atoms with E-state index in [0.29, 0.717) is 5.56 Å². The summed E-state index contributed by atoms with van der Waals surface area (Å²) in [5.41, 5.74) is 1.83. The van der Waals surface area contributed by atoms with Gasteiger partial charge in [0.15, 0.2) is 5.78 Å². The summed E-state index contributed by atoms with van der Waals surface area (Å²) in [6.45, 7) is 2.00. The van der Waals surface area contributed by atoms with E-state index in [1.54, 1.807) is 12.1 Å². The van der Waals surface area contributed by atoms with Crippen molar-refractivity contribution in [2.24, 2.45) is 0 Å². The molecule has 3 aromatic rings. The molecule has 0 aliphatic heterocycles. The van der Waals surface area contributed by atoms with Gasteiger partial charge in [0.1, 0.15) is 5.60 Å². The Morgan fingerprint density at radius 3 is 1.88 bits per heavy atom. The van der Waals surface area contributed by atoms with Gasteiger partial charge in [-0.1, -0.05) is 90.5 Å². The molecule has 0 aliphatic carbocycles. The van der Waals surface area contributed by atoms with E-state index >= 15 is 0 Å². The molecular formula is C22H20O2. The molecule has 0 heterocycles. The Labute approximate surface area is 142 Å². The number of benzene rings is 3. The van der Waals surface area contributed by atoms with Crippen LogP contribution in [0.1, 0.15) is 33.5 Å². The molecule has 3 aromatic carbocycles. The summed E-state index contributed by atoms with van der Waals surface area (Å²) < 4.78 is 0. The van der Waals surface area contributed by atoms with Gasteiger partial charge in [0.2, 0.25) is 0 Å². The maximum absolute atomic E-state index is 12.7. The summed E-state index contributed by atoms with van der Waals surface area (Å²) in [5, 5.41) is 11.5. The van der Waals surface area contributed by atoms with Gasteiger partial charge in [0.25, 0.3) is 0 Å². The minimum absolute atomic E-state index is 0.00406. The number of hydrogen-bond acceptors (Lipinski definition) is 2. The normalized spacial score (nSPS) is 13.2. The Hall–Kier alpha value is -2.71. The summed E-state index contributed by atoms with van der Waals surface area (Å²) in [6.07, 6.45) is 0.00406. The van der Waals surface area contributed by atoms with Crippen molar-refractivity contribution in [2.45, 2.75) is 18.9 Å². The Bertz CT molecular complexity index is 808. The maximum Gasteiger partial charge on any atom is 0.166 e. The molecule has 1 N–H and O–H groups in total. The van der Waals surface area contributed by atoms with Crippen molar-refractivity contribution in [1.29, 1.82) is 0 Å². The summed E-state index contributed by atoms with van der Waals surface area (Å²) in [7, 11) is 0. The zero-order valence-electron chi connectivity index (χ0n) is 13.6. The lowest BCUT2D eigenvalue weighted by Crippen LogP contribution is -2.30. The van der Waals surface area contributed by atoms with Gasteiger partial charge in [-0.25, -0.2) is 0 Å². The van der Waals surface area contributed by atoms with Crippen molar-refractivity contribution in [1.82, 2.24) is 0 Å². The van der Waals surface area contributed by atoms with Crippen LogP contribution in [0.3, 0.4) is 0 Å². The number of carbonyl (C=O) groups excluding carboxylic acids is 1. The fourth-order valence-corrected chi connectivity index (χ4v) is 2.87. The predicted octanol–water partition coefficient (Wildman–Crippen LogP) is 4.50. The molecule has 0 aliphatic rings. The first-order valence-electron chi connectivity index (χ1n) is 8.03. The molecule has 0 amide bonds. The number of carbonyl (C=O) groups is 1. The summed E-state index contributed by atoms with van der Waals surface area (Å²) in [6, 6.07) is 26.2. The number of Topliss-reactive ketones (excluding diaryl/α,β-unsaturated/α-hetero) is 1. The minimum atomic E-state index is -1.35. The van der Waals surface area contributed by atoms with Crippen LogP contribution in [0, 0.1) is 6.92 Å². The van der Waals surface area contributed by atoms with Crippen LogP contribution in [-0.4, -0.2) is 10.9 Å². The van der Waals surface area contributed by atoms with Crippen molar-refractivity contribution in [3.63, 3.8) is 0 Å². The minimum Gasteiger partial charge on any atom is -0.380 e. The van der Waals surface area contributed by atoms with Gasteiger partial charge in [-0.2, -0.15) is 0 Å². The van der Waals surface area contributed by atoms with Crippen LogP contribution >= 0.6 is 0 Å². The van der Waals surface area contributed by atoms with E-state index in [1.807, 2.05) is 79.7 Å². The lowest BCUT2D eigenvalue weighted by molar-refractivity contribution is 0.0583. The van der Waals surface area contributed by atoms with E-state index in [-0.39, 0.29) is 12.2 Å². The first-order chi connectivity index (χ1) is 11.6. The van der Waals surface area contributed by atoms with Gasteiger partial charge < -0.3 is 5.11 Å². The van der Waals surface area contributed by atoms with Crippen LogP contribution in [0.15, 0.2) is 84.9 Å². The molecule has 2 nitrogen and oxygen atoms in total. The van der Waals surface area contributed by atoms with E-state index in [0.717, 1.165) is 16.7 Å². The van der Waals surface area contributed by atoms with Crippen molar-refractivity contribution in [3.05, 3.63) is 107 Å². The van der Waals surface area contributed by atoms with E-state index in [1.165, 1.54) is 0 Å². The van der Waals surface area contributed by atoms with Crippen molar-refractivity contribution in [2.75, 3.05) is 0 Å². The van der Waals surface area contributed by atoms with E-state index in [4.69, 9.17) is 0 Å². The average Bonchev–Trinajstić information content (AvgIpc) is 2.63. The second-order valence-electron chi connectivity index (χ2n) is 6.06. The van der Waals surface area contributed by atoms with Crippen LogP contribution < -0.4 is 0 Å². The molecule has 3 rings (SSSR count). The summed E-state index contributed by atoms with van der Waals surface area (Å²) >= 11 is 0. The van der Waals surface area contributed by atoms with Crippen LogP contribution in [0.25, 0.3) is 0 Å². The number of aliphatic hydroxyl groups is 1. The smallest absolute Gasteiger partial charge is 0.166 e. The molecule has 0 aromatic heterocycles. The highest BCUT2D eigenvalue weighted by Crippen LogP contribution is 2.34. The summed E-state index contributed by atoms with van der Waals surface area (Å²) in [4.78, 5) is 12.7. The van der Waals surface area contributed by atoms with Gasteiger partial charge >= 0.3 is 0 Å². The number of rotatable bonds is 5. The zero-order valence-corrected chi connectivity index (χ0v) is 13.6. The lowest BCUT2D eigenvalue weighted by atomic mass is 9.81. The second kappa shape index (κ2) is 6.81. The monoisotopic (exact) mass is 316 g/mol. The van der Waals surface area contributed by atoms with Gasteiger partial charge in [-0.05, 0) is 18.1 Å². The van der Waals surface area contributed by atoms with E-state index in [9.17, 15) is 9.90 Å². The second-order valence-corrected chi connectivity index (χ2v) is 6.06. The molecule has 2 heteroatoms. The van der Waals surface area contributed by atoms with E-state index in [2.05, 4.69) is 0 Å². The van der Waals surface area contributed by atoms with Gasteiger partial charge in [-0.3, -0.25) is 4.79 Å². The fourth-order valence-electron chi connectivity index (χ4n) is 2.87. The largest absolute Gasteiger partial charge is 0.380 e. The van der Waals surface area contributed by atoms with Crippen molar-refractivity contribution in [3.8, 4) is 0 Å². The Kier molecular flexibility index (Phi) is 4.59. The molecule has 0 saturated carbocycles. The number of aryl methyl sites for hydroxylation is 1. The van der Waals surface area contributed by atoms with Crippen molar-refractivity contribution >= 4 is 5.78 Å². The SMILES string of the molecule is Cc1ccc(C(O)(CC(=O)c2ccccc2)c2ccccc2)cc1. The molecule has 0 radical (unpaired) electrons. The Morgan fingerprint density at radius 2 is 1.29 bits per heavy atom. The Morgan fingerprint density at radius 1 is 0.792 bits per heavy atom. The summed E-state index contributed by atoms with van der Waals surface area (Å²) in [5.74, 6) is -0.0810. The zero-order chi connectivity index (χ0) is 17.0. The van der Waals surface area contributed by atoms with E-state index < -0.39 is 5.60 Å². The molecule has 1 atom stereocenters. The molecule has 24 heavy (non-hydrogen) atoms. The third kappa shape index (κ3) is 3.29. The van der Waals surface area contributed by atoms with Gasteiger partial charge in [0.05, 0.1) is 0 Å². The number of hydrogen-bond donors (Lipinski definition) is 1. The molecule has 0 bridgehead atoms. The third-order valence-electron chi connectivity index (χ3n) is 4.29. The maximum atomic E-state index is 12.7. The standard InChI is InChI=1S/C22H20O2/c1-17-12-14-20(15-13-17)22(24,19-10-6-3-7-11-19)16-21(23)18-8-4-2-5-9-18/h2-15,24H,16H2,1H3. The molecule has 0 saturated heterocycles. The molecule has 1 unspecified atom stereocenters. The quantitative estimate of drug-likeness (QED) is 0.704. The highest BCUT2D eigenvalue weighted by molar-refractivity contribution is 5.97. The van der Waals surface area contributed by atoms with Crippen LogP contribution in [-0.2, 0) is 5.60 Å². The van der Waals surface area contributed by atoms with Crippen LogP contribution in [0.4, 0.5) is 0 Å². The van der Waals surface area contributed by atoms with Gasteiger partial charge in [0, 0.05) is 12.0 Å². The highest BCUT2D eigenvalue weighted by Gasteiger charge is 2.34. The molecular weight excluding hydrogens is 296 g/mol. The molecule has 120 valence electrons. The predicted molar refractivity (Wildman–Crippen MR) is 96.0 cm³/mol. The molecule has 0 spiro atoms.